The molecule has 0 bridgehead atoms. The summed E-state index contributed by atoms with van der Waals surface area (Å²) in [5.74, 6) is 1.17. The molecular weight excluding hydrogens is 175 g/mol. The zero-order valence-electron chi connectivity index (χ0n) is 6.94. The molecular formula is C8H13O3P. The molecule has 0 unspecified atom stereocenters. The molecule has 0 spiro atoms. The monoisotopic (exact) mass is 188 g/mol. The average Bonchev–Trinajstić information content (AvgIpc) is 2.11. The lowest BCUT2D eigenvalue weighted by molar-refractivity contribution is 0.246. The van der Waals surface area contributed by atoms with Gasteiger partial charge in [-0.05, 0) is 0 Å². The van der Waals surface area contributed by atoms with E-state index in [-0.39, 0.29) is 13.2 Å². The summed E-state index contributed by atoms with van der Waals surface area (Å²) in [6.45, 7) is 10.6. The van der Waals surface area contributed by atoms with Gasteiger partial charge in [-0.2, -0.15) is 0 Å². The van der Waals surface area contributed by atoms with Crippen molar-refractivity contribution in [1.82, 2.24) is 0 Å². The van der Waals surface area contributed by atoms with Crippen LogP contribution in [-0.4, -0.2) is 13.2 Å². The lowest BCUT2D eigenvalue weighted by Crippen LogP contribution is -1.93. The van der Waals surface area contributed by atoms with E-state index in [2.05, 4.69) is 19.7 Å². The van der Waals surface area contributed by atoms with Crippen LogP contribution in [0, 0.1) is 0 Å². The van der Waals surface area contributed by atoms with E-state index in [1.807, 2.05) is 0 Å². The maximum Gasteiger partial charge on any atom is 0.354 e. The molecule has 0 saturated heterocycles. The van der Waals surface area contributed by atoms with Gasteiger partial charge in [0.05, 0.1) is 13.2 Å². The van der Waals surface area contributed by atoms with Crippen molar-refractivity contribution in [3.8, 4) is 0 Å². The molecule has 0 aromatic heterocycles. The topological polar surface area (TPSA) is 35.5 Å². The highest BCUT2D eigenvalue weighted by molar-refractivity contribution is 7.57. The molecule has 0 saturated carbocycles. The summed E-state index contributed by atoms with van der Waals surface area (Å²) >= 11 is 0. The maximum absolute atomic E-state index is 11.4. The molecule has 0 rings (SSSR count). The van der Waals surface area contributed by atoms with Crippen LogP contribution in [-0.2, 0) is 13.6 Å². The molecule has 0 atom stereocenters. The van der Waals surface area contributed by atoms with E-state index in [4.69, 9.17) is 9.05 Å². The Morgan fingerprint density at radius 1 is 1.08 bits per heavy atom. The highest BCUT2D eigenvalue weighted by Crippen LogP contribution is 2.48. The predicted octanol–water partition coefficient (Wildman–Crippen LogP) is 2.73. The Labute approximate surface area is 72.9 Å². The van der Waals surface area contributed by atoms with Crippen LogP contribution in [0.4, 0.5) is 0 Å². The molecule has 3 nitrogen and oxygen atoms in total. The molecule has 0 heterocycles. The van der Waals surface area contributed by atoms with E-state index in [0.29, 0.717) is 0 Å². The van der Waals surface area contributed by atoms with Crippen LogP contribution in [0.25, 0.3) is 0 Å². The van der Waals surface area contributed by atoms with Crippen LogP contribution in [0.5, 0.6) is 0 Å². The van der Waals surface area contributed by atoms with Gasteiger partial charge in [-0.25, -0.2) is 0 Å². The van der Waals surface area contributed by atoms with E-state index < -0.39 is 7.60 Å². The van der Waals surface area contributed by atoms with Gasteiger partial charge in [-0.15, -0.1) is 13.2 Å². The molecule has 0 aliphatic heterocycles. The molecule has 0 amide bonds. The summed E-state index contributed by atoms with van der Waals surface area (Å²) in [5, 5.41) is 0. The average molecular weight is 188 g/mol. The minimum absolute atomic E-state index is 0.181. The quantitative estimate of drug-likeness (QED) is 0.455. The number of hydrogen-bond acceptors (Lipinski definition) is 3. The second-order valence-corrected chi connectivity index (χ2v) is 3.85. The Hall–Kier alpha value is -0.630. The zero-order chi connectivity index (χ0) is 9.45. The van der Waals surface area contributed by atoms with Crippen molar-refractivity contribution in [2.75, 3.05) is 13.2 Å². The maximum atomic E-state index is 11.4. The smallest absolute Gasteiger partial charge is 0.301 e. The number of hydrogen-bond donors (Lipinski definition) is 0. The van der Waals surface area contributed by atoms with Gasteiger partial charge in [-0.1, -0.05) is 18.7 Å². The first-order chi connectivity index (χ1) is 5.68. The summed E-state index contributed by atoms with van der Waals surface area (Å²) in [7, 11) is -3.11. The SMILES string of the molecule is C=CCOP(=O)(C=C)OCC=C. The lowest BCUT2D eigenvalue weighted by Gasteiger charge is -2.11. The first-order valence-corrected chi connectivity index (χ1v) is 5.04. The van der Waals surface area contributed by atoms with E-state index in [9.17, 15) is 4.57 Å². The fourth-order valence-electron chi connectivity index (χ4n) is 0.456. The van der Waals surface area contributed by atoms with E-state index >= 15 is 0 Å². The molecule has 0 aliphatic rings. The van der Waals surface area contributed by atoms with Crippen molar-refractivity contribution in [2.45, 2.75) is 0 Å². The summed E-state index contributed by atoms with van der Waals surface area (Å²) < 4.78 is 21.2. The Bertz CT molecular complexity index is 194. The largest absolute Gasteiger partial charge is 0.354 e. The third-order valence-corrected chi connectivity index (χ3v) is 2.43. The minimum Gasteiger partial charge on any atom is -0.301 e. The molecule has 0 aliphatic carbocycles. The Morgan fingerprint density at radius 3 is 1.75 bits per heavy atom. The Morgan fingerprint density at radius 2 is 1.50 bits per heavy atom. The lowest BCUT2D eigenvalue weighted by atomic mass is 10.7. The fraction of sp³-hybridized carbons (Fsp3) is 0.250. The van der Waals surface area contributed by atoms with Gasteiger partial charge in [-0.3, -0.25) is 4.57 Å². The van der Waals surface area contributed by atoms with Crippen LogP contribution < -0.4 is 0 Å². The molecule has 12 heavy (non-hydrogen) atoms. The molecule has 0 fully saturated rings. The van der Waals surface area contributed by atoms with Gasteiger partial charge < -0.3 is 9.05 Å². The first-order valence-electron chi connectivity index (χ1n) is 3.42. The van der Waals surface area contributed by atoms with Crippen molar-refractivity contribution in [2.24, 2.45) is 0 Å². The molecule has 0 aromatic carbocycles. The third kappa shape index (κ3) is 4.29. The highest BCUT2D eigenvalue weighted by Gasteiger charge is 2.17. The van der Waals surface area contributed by atoms with Gasteiger partial charge in [0.1, 0.15) is 0 Å². The summed E-state index contributed by atoms with van der Waals surface area (Å²) in [4.78, 5) is 0. The van der Waals surface area contributed by atoms with Gasteiger partial charge in [0.2, 0.25) is 0 Å². The summed E-state index contributed by atoms with van der Waals surface area (Å²) in [5.41, 5.74) is 0. The molecule has 68 valence electrons. The zero-order valence-corrected chi connectivity index (χ0v) is 7.83. The number of rotatable bonds is 7. The van der Waals surface area contributed by atoms with E-state index in [0.717, 1.165) is 0 Å². The standard InChI is InChI=1S/C8H13O3P/c1-4-7-10-12(9,6-3)11-8-5-2/h4-6H,1-3,7-8H2. The van der Waals surface area contributed by atoms with Crippen molar-refractivity contribution in [3.63, 3.8) is 0 Å². The first kappa shape index (κ1) is 11.4. The van der Waals surface area contributed by atoms with Crippen LogP contribution in [0.2, 0.25) is 0 Å². The normalized spacial score (nSPS) is 10.7. The molecule has 0 radical (unpaired) electrons. The van der Waals surface area contributed by atoms with Gasteiger partial charge in [0.15, 0.2) is 0 Å². The van der Waals surface area contributed by atoms with Crippen molar-refractivity contribution < 1.29 is 13.6 Å². The fourth-order valence-corrected chi connectivity index (χ4v) is 1.37. The van der Waals surface area contributed by atoms with E-state index in [1.165, 1.54) is 18.0 Å². The molecule has 0 N–H and O–H groups in total. The summed E-state index contributed by atoms with van der Waals surface area (Å²) in [6.07, 6.45) is 2.99. The predicted molar refractivity (Wildman–Crippen MR) is 50.1 cm³/mol. The summed E-state index contributed by atoms with van der Waals surface area (Å²) in [6, 6.07) is 0. The van der Waals surface area contributed by atoms with Gasteiger partial charge >= 0.3 is 7.60 Å². The minimum atomic E-state index is -3.11. The van der Waals surface area contributed by atoms with Crippen molar-refractivity contribution in [3.05, 3.63) is 37.7 Å². The molecule has 4 heteroatoms. The molecule has 0 aromatic rings. The highest BCUT2D eigenvalue weighted by atomic mass is 31.2. The van der Waals surface area contributed by atoms with Gasteiger partial charge in [0.25, 0.3) is 0 Å². The van der Waals surface area contributed by atoms with Crippen LogP contribution in [0.3, 0.4) is 0 Å². The van der Waals surface area contributed by atoms with Crippen LogP contribution in [0.1, 0.15) is 0 Å². The van der Waals surface area contributed by atoms with E-state index in [1.54, 1.807) is 0 Å². The third-order valence-electron chi connectivity index (χ3n) is 0.968. The van der Waals surface area contributed by atoms with Gasteiger partial charge in [0, 0.05) is 5.82 Å². The van der Waals surface area contributed by atoms with Crippen LogP contribution in [0.15, 0.2) is 37.7 Å². The Balaban J connectivity index is 4.04. The van der Waals surface area contributed by atoms with Crippen molar-refractivity contribution >= 4 is 7.60 Å². The Kier molecular flexibility index (Phi) is 5.64. The second kappa shape index (κ2) is 5.95. The second-order valence-electron chi connectivity index (χ2n) is 1.89. The van der Waals surface area contributed by atoms with Crippen LogP contribution >= 0.6 is 7.60 Å². The van der Waals surface area contributed by atoms with Crippen molar-refractivity contribution in [1.29, 1.82) is 0 Å².